The van der Waals surface area contributed by atoms with Crippen LogP contribution in [0.15, 0.2) is 24.3 Å². The van der Waals surface area contributed by atoms with E-state index in [1.807, 2.05) is 12.1 Å². The molecule has 0 radical (unpaired) electrons. The largest absolute Gasteiger partial charge is 0.479 e. The van der Waals surface area contributed by atoms with E-state index in [-0.39, 0.29) is 18.4 Å². The molecule has 1 aromatic rings. The Morgan fingerprint density at radius 2 is 2.41 bits per heavy atom. The Balaban J connectivity index is 1.96. The molecule has 2 unspecified atom stereocenters. The molecule has 0 spiro atoms. The standard InChI is InChI=1S/C13H14N2O2/c1-9-7-12(9)13(16)15-10-3-2-4-11(8-10)17-6-5-14/h2-4,8-9,12H,6-7H2,1H3,(H,15,16). The summed E-state index contributed by atoms with van der Waals surface area (Å²) >= 11 is 0. The van der Waals surface area contributed by atoms with Gasteiger partial charge < -0.3 is 10.1 Å². The second-order valence-corrected chi connectivity index (χ2v) is 4.28. The minimum atomic E-state index is 0.0110. The fourth-order valence-electron chi connectivity index (χ4n) is 1.70. The molecule has 1 fully saturated rings. The number of carbonyl (C=O) groups is 1. The summed E-state index contributed by atoms with van der Waals surface area (Å²) in [6.07, 6.45) is 0.969. The highest BCUT2D eigenvalue weighted by Gasteiger charge is 2.39. The number of rotatable bonds is 4. The van der Waals surface area contributed by atoms with E-state index in [0.29, 0.717) is 17.4 Å². The van der Waals surface area contributed by atoms with Gasteiger partial charge in [0.1, 0.15) is 11.8 Å². The maximum absolute atomic E-state index is 11.7. The van der Waals surface area contributed by atoms with Crippen molar-refractivity contribution in [3.05, 3.63) is 24.3 Å². The fraction of sp³-hybridized carbons (Fsp3) is 0.385. The Kier molecular flexibility index (Phi) is 3.29. The van der Waals surface area contributed by atoms with Crippen LogP contribution in [0.1, 0.15) is 13.3 Å². The third-order valence-corrected chi connectivity index (χ3v) is 2.85. The topological polar surface area (TPSA) is 62.1 Å². The normalized spacial score (nSPS) is 21.4. The van der Waals surface area contributed by atoms with Gasteiger partial charge in [0.05, 0.1) is 0 Å². The molecule has 1 amide bonds. The van der Waals surface area contributed by atoms with E-state index >= 15 is 0 Å². The average Bonchev–Trinajstić information content (AvgIpc) is 3.04. The Morgan fingerprint density at radius 3 is 3.06 bits per heavy atom. The quantitative estimate of drug-likeness (QED) is 0.862. The van der Waals surface area contributed by atoms with E-state index in [4.69, 9.17) is 10.00 Å². The Bertz CT molecular complexity index is 465. The maximum Gasteiger partial charge on any atom is 0.227 e. The summed E-state index contributed by atoms with van der Waals surface area (Å²) in [5.74, 6) is 1.30. The van der Waals surface area contributed by atoms with Crippen molar-refractivity contribution in [3.8, 4) is 11.8 Å². The molecule has 0 bridgehead atoms. The molecule has 1 aliphatic carbocycles. The molecule has 1 N–H and O–H groups in total. The van der Waals surface area contributed by atoms with Gasteiger partial charge in [-0.2, -0.15) is 5.26 Å². The molecule has 88 valence electrons. The number of anilines is 1. The van der Waals surface area contributed by atoms with Gasteiger partial charge in [-0.1, -0.05) is 13.0 Å². The maximum atomic E-state index is 11.7. The molecule has 1 aliphatic rings. The van der Waals surface area contributed by atoms with Crippen LogP contribution in [0, 0.1) is 23.2 Å². The molecule has 17 heavy (non-hydrogen) atoms. The predicted octanol–water partition coefficient (Wildman–Crippen LogP) is 2.18. The smallest absolute Gasteiger partial charge is 0.227 e. The molecule has 0 heterocycles. The predicted molar refractivity (Wildman–Crippen MR) is 63.5 cm³/mol. The summed E-state index contributed by atoms with van der Waals surface area (Å²) in [6, 6.07) is 8.98. The van der Waals surface area contributed by atoms with Crippen LogP contribution >= 0.6 is 0 Å². The summed E-state index contributed by atoms with van der Waals surface area (Å²) in [5, 5.41) is 11.3. The third kappa shape index (κ3) is 2.97. The van der Waals surface area contributed by atoms with Crippen LogP contribution in [-0.2, 0) is 4.79 Å². The van der Waals surface area contributed by atoms with Gasteiger partial charge in [0.15, 0.2) is 6.61 Å². The molecular formula is C13H14N2O2. The van der Waals surface area contributed by atoms with E-state index in [1.165, 1.54) is 0 Å². The molecule has 2 atom stereocenters. The number of nitriles is 1. The number of hydrogen-bond acceptors (Lipinski definition) is 3. The zero-order valence-corrected chi connectivity index (χ0v) is 9.64. The molecular weight excluding hydrogens is 216 g/mol. The van der Waals surface area contributed by atoms with Crippen molar-refractivity contribution in [1.29, 1.82) is 5.26 Å². The molecule has 0 aromatic heterocycles. The zero-order valence-electron chi connectivity index (χ0n) is 9.64. The molecule has 0 saturated heterocycles. The second-order valence-electron chi connectivity index (χ2n) is 4.28. The zero-order chi connectivity index (χ0) is 12.3. The van der Waals surface area contributed by atoms with Gasteiger partial charge in [0, 0.05) is 17.7 Å². The molecule has 4 nitrogen and oxygen atoms in total. The number of carbonyl (C=O) groups excluding carboxylic acids is 1. The van der Waals surface area contributed by atoms with Gasteiger partial charge in [0.2, 0.25) is 5.91 Å². The minimum absolute atomic E-state index is 0.0110. The lowest BCUT2D eigenvalue weighted by molar-refractivity contribution is -0.117. The van der Waals surface area contributed by atoms with Gasteiger partial charge in [-0.3, -0.25) is 4.79 Å². The van der Waals surface area contributed by atoms with Crippen LogP contribution in [0.25, 0.3) is 0 Å². The van der Waals surface area contributed by atoms with Crippen LogP contribution < -0.4 is 10.1 Å². The molecule has 1 aromatic carbocycles. The third-order valence-electron chi connectivity index (χ3n) is 2.85. The minimum Gasteiger partial charge on any atom is -0.479 e. The van der Waals surface area contributed by atoms with Crippen LogP contribution in [0.4, 0.5) is 5.69 Å². The molecule has 2 rings (SSSR count). The van der Waals surface area contributed by atoms with Crippen molar-refractivity contribution in [2.24, 2.45) is 11.8 Å². The van der Waals surface area contributed by atoms with Gasteiger partial charge >= 0.3 is 0 Å². The van der Waals surface area contributed by atoms with Crippen LogP contribution in [0.5, 0.6) is 5.75 Å². The first-order valence-corrected chi connectivity index (χ1v) is 5.61. The number of hydrogen-bond donors (Lipinski definition) is 1. The van der Waals surface area contributed by atoms with E-state index in [0.717, 1.165) is 6.42 Å². The lowest BCUT2D eigenvalue weighted by Crippen LogP contribution is -2.14. The van der Waals surface area contributed by atoms with Gasteiger partial charge in [0.25, 0.3) is 0 Å². The number of benzene rings is 1. The van der Waals surface area contributed by atoms with Crippen LogP contribution in [0.2, 0.25) is 0 Å². The lowest BCUT2D eigenvalue weighted by Gasteiger charge is -2.06. The SMILES string of the molecule is CC1CC1C(=O)Nc1cccc(OCC#N)c1. The number of nitrogens with zero attached hydrogens (tertiary/aromatic N) is 1. The van der Waals surface area contributed by atoms with Crippen LogP contribution in [0.3, 0.4) is 0 Å². The highest BCUT2D eigenvalue weighted by atomic mass is 16.5. The molecule has 0 aliphatic heterocycles. The monoisotopic (exact) mass is 230 g/mol. The van der Waals surface area contributed by atoms with Gasteiger partial charge in [-0.25, -0.2) is 0 Å². The van der Waals surface area contributed by atoms with Gasteiger partial charge in [-0.15, -0.1) is 0 Å². The number of amides is 1. The van der Waals surface area contributed by atoms with E-state index < -0.39 is 0 Å². The Hall–Kier alpha value is -2.02. The first-order valence-electron chi connectivity index (χ1n) is 5.61. The summed E-state index contributed by atoms with van der Waals surface area (Å²) in [4.78, 5) is 11.7. The summed E-state index contributed by atoms with van der Waals surface area (Å²) in [6.45, 7) is 2.08. The molecule has 1 saturated carbocycles. The first kappa shape index (κ1) is 11.5. The molecule has 4 heteroatoms. The highest BCUT2D eigenvalue weighted by Crippen LogP contribution is 2.38. The van der Waals surface area contributed by atoms with Gasteiger partial charge in [-0.05, 0) is 24.5 Å². The summed E-state index contributed by atoms with van der Waals surface area (Å²) < 4.78 is 5.16. The van der Waals surface area contributed by atoms with Crippen molar-refractivity contribution in [3.63, 3.8) is 0 Å². The highest BCUT2D eigenvalue weighted by molar-refractivity contribution is 5.94. The number of ether oxygens (including phenoxy) is 1. The number of nitrogens with one attached hydrogen (secondary N) is 1. The van der Waals surface area contributed by atoms with Crippen molar-refractivity contribution >= 4 is 11.6 Å². The fourth-order valence-corrected chi connectivity index (χ4v) is 1.70. The lowest BCUT2D eigenvalue weighted by atomic mass is 10.2. The van der Waals surface area contributed by atoms with Crippen molar-refractivity contribution in [2.45, 2.75) is 13.3 Å². The van der Waals surface area contributed by atoms with Crippen molar-refractivity contribution in [2.75, 3.05) is 11.9 Å². The van der Waals surface area contributed by atoms with E-state index in [9.17, 15) is 4.79 Å². The van der Waals surface area contributed by atoms with E-state index in [2.05, 4.69) is 12.2 Å². The first-order chi connectivity index (χ1) is 8.20. The van der Waals surface area contributed by atoms with Crippen LogP contribution in [-0.4, -0.2) is 12.5 Å². The van der Waals surface area contributed by atoms with E-state index in [1.54, 1.807) is 18.2 Å². The van der Waals surface area contributed by atoms with Crippen molar-refractivity contribution in [1.82, 2.24) is 0 Å². The Morgan fingerprint density at radius 1 is 1.65 bits per heavy atom. The summed E-state index contributed by atoms with van der Waals surface area (Å²) in [5.41, 5.74) is 0.713. The second kappa shape index (κ2) is 4.88. The summed E-state index contributed by atoms with van der Waals surface area (Å²) in [7, 11) is 0. The average molecular weight is 230 g/mol. The Labute approximate surface area is 100 Å². The van der Waals surface area contributed by atoms with Crippen molar-refractivity contribution < 1.29 is 9.53 Å².